The molecule has 0 aromatic rings. The summed E-state index contributed by atoms with van der Waals surface area (Å²) >= 11 is 0. The molecule has 0 fully saturated rings. The van der Waals surface area contributed by atoms with Gasteiger partial charge < -0.3 is 14.7 Å². The normalized spacial score (nSPS) is 12.8. The number of nitrogens with zero attached hydrogens (tertiary/aromatic N) is 1. The predicted molar refractivity (Wildman–Crippen MR) is 137 cm³/mol. The summed E-state index contributed by atoms with van der Waals surface area (Å²) in [5, 5.41) is 0. The van der Waals surface area contributed by atoms with Crippen LogP contribution in [0.4, 0.5) is 0 Å². The third kappa shape index (κ3) is 17.1. The molecule has 0 bridgehead atoms. The van der Waals surface area contributed by atoms with Crippen LogP contribution in [0.15, 0.2) is 0 Å². The molecule has 0 rings (SSSR count). The van der Waals surface area contributed by atoms with Gasteiger partial charge in [0.2, 0.25) is 5.91 Å². The first-order chi connectivity index (χ1) is 15.4. The number of rotatable bonds is 23. The second-order valence-electron chi connectivity index (χ2n) is 9.52. The van der Waals surface area contributed by atoms with Gasteiger partial charge in [-0.05, 0) is 19.3 Å². The van der Waals surface area contributed by atoms with Crippen LogP contribution in [0.5, 0.6) is 0 Å². The Morgan fingerprint density at radius 2 is 0.969 bits per heavy atom. The van der Waals surface area contributed by atoms with E-state index >= 15 is 0 Å². The summed E-state index contributed by atoms with van der Waals surface area (Å²) in [7, 11) is -4.43. The number of hydrogen-bond acceptors (Lipinski definition) is 2. The van der Waals surface area contributed by atoms with Gasteiger partial charge in [0.1, 0.15) is 5.66 Å². The van der Waals surface area contributed by atoms with Crippen LogP contribution in [0.2, 0.25) is 0 Å². The van der Waals surface area contributed by atoms with Gasteiger partial charge in [-0.3, -0.25) is 9.36 Å². The summed E-state index contributed by atoms with van der Waals surface area (Å²) in [6, 6.07) is 0. The number of hydrogen-bond donors (Lipinski definition) is 2. The molecule has 2 N–H and O–H groups in total. The zero-order valence-electron chi connectivity index (χ0n) is 21.5. The van der Waals surface area contributed by atoms with E-state index in [1.54, 1.807) is 4.90 Å². The maximum atomic E-state index is 12.9. The van der Waals surface area contributed by atoms with Gasteiger partial charge in [-0.25, -0.2) is 0 Å². The Morgan fingerprint density at radius 1 is 0.625 bits per heavy atom. The fourth-order valence-corrected chi connectivity index (χ4v) is 5.18. The predicted octanol–water partition coefficient (Wildman–Crippen LogP) is 7.83. The summed E-state index contributed by atoms with van der Waals surface area (Å²) in [5.41, 5.74) is -1.16. The zero-order chi connectivity index (χ0) is 24.1. The lowest BCUT2D eigenvalue weighted by atomic mass is 10.0. The van der Waals surface area contributed by atoms with Crippen molar-refractivity contribution in [3.05, 3.63) is 0 Å². The van der Waals surface area contributed by atoms with E-state index in [-0.39, 0.29) is 5.91 Å². The highest BCUT2D eigenvalue weighted by Gasteiger charge is 2.37. The standard InChI is InChI=1S/C26H54NO4P/c1-4-7-10-11-12-13-14-15-16-17-18-19-20-21-22-25(32(29,30)31)26(28)27(23-8-5-2)24-9-6-3/h25H,4-24H2,1-3H3,(H2,29,30,31). The fraction of sp³-hybridized carbons (Fsp3) is 0.962. The van der Waals surface area contributed by atoms with Crippen LogP contribution in [0.3, 0.4) is 0 Å². The molecule has 0 saturated heterocycles. The number of carbonyl (C=O) groups is 1. The molecule has 0 aliphatic carbocycles. The molecule has 0 aromatic carbocycles. The third-order valence-corrected chi connectivity index (χ3v) is 7.69. The van der Waals surface area contributed by atoms with Crippen molar-refractivity contribution < 1.29 is 19.1 Å². The molecule has 1 amide bonds. The van der Waals surface area contributed by atoms with Crippen LogP contribution in [0.25, 0.3) is 0 Å². The molecule has 6 heteroatoms. The van der Waals surface area contributed by atoms with Gasteiger partial charge in [0.25, 0.3) is 0 Å². The Kier molecular flexibility index (Phi) is 20.9. The molecule has 1 unspecified atom stereocenters. The first kappa shape index (κ1) is 31.6. The van der Waals surface area contributed by atoms with Gasteiger partial charge in [0.05, 0.1) is 0 Å². The van der Waals surface area contributed by atoms with Gasteiger partial charge in [-0.15, -0.1) is 0 Å². The Labute approximate surface area is 199 Å². The lowest BCUT2D eigenvalue weighted by molar-refractivity contribution is -0.131. The van der Waals surface area contributed by atoms with Gasteiger partial charge >= 0.3 is 7.60 Å². The second kappa shape index (κ2) is 21.2. The smallest absolute Gasteiger partial charge is 0.337 e. The van der Waals surface area contributed by atoms with Crippen LogP contribution in [0.1, 0.15) is 143 Å². The molecule has 0 aliphatic rings. The topological polar surface area (TPSA) is 77.8 Å². The van der Waals surface area contributed by atoms with E-state index in [9.17, 15) is 19.1 Å². The van der Waals surface area contributed by atoms with Crippen LogP contribution in [-0.4, -0.2) is 39.3 Å². The van der Waals surface area contributed by atoms with Crippen LogP contribution >= 0.6 is 7.60 Å². The minimum Gasteiger partial charge on any atom is -0.342 e. The Morgan fingerprint density at radius 3 is 1.31 bits per heavy atom. The highest BCUT2D eigenvalue weighted by molar-refractivity contribution is 7.53. The van der Waals surface area contributed by atoms with Gasteiger partial charge in [0.15, 0.2) is 0 Å². The van der Waals surface area contributed by atoms with Gasteiger partial charge in [-0.1, -0.05) is 124 Å². The van der Waals surface area contributed by atoms with Crippen molar-refractivity contribution in [2.75, 3.05) is 13.1 Å². The van der Waals surface area contributed by atoms with Crippen LogP contribution in [0, 0.1) is 0 Å². The maximum absolute atomic E-state index is 12.9. The molecule has 0 aromatic heterocycles. The van der Waals surface area contributed by atoms with Crippen molar-refractivity contribution in [2.24, 2.45) is 0 Å². The summed E-state index contributed by atoms with van der Waals surface area (Å²) in [5.74, 6) is -0.338. The minimum atomic E-state index is -4.43. The molecule has 0 heterocycles. The Bertz CT molecular complexity index is 472. The average Bonchev–Trinajstić information content (AvgIpc) is 2.75. The molecule has 0 spiro atoms. The number of amides is 1. The SMILES string of the molecule is CCCCCCCCCCCCCCCCC(C(=O)N(CCCC)CCCC)P(=O)(O)O. The summed E-state index contributed by atoms with van der Waals surface area (Å²) < 4.78 is 12.0. The van der Waals surface area contributed by atoms with Crippen LogP contribution in [-0.2, 0) is 9.36 Å². The van der Waals surface area contributed by atoms with Gasteiger partial charge in [-0.2, -0.15) is 0 Å². The van der Waals surface area contributed by atoms with Gasteiger partial charge in [0, 0.05) is 13.1 Å². The van der Waals surface area contributed by atoms with Crippen molar-refractivity contribution in [1.82, 2.24) is 4.90 Å². The quantitative estimate of drug-likeness (QED) is 0.117. The van der Waals surface area contributed by atoms with Crippen molar-refractivity contribution >= 4 is 13.5 Å². The molecular formula is C26H54NO4P. The molecule has 5 nitrogen and oxygen atoms in total. The van der Waals surface area contributed by atoms with E-state index in [1.165, 1.54) is 70.6 Å². The lowest BCUT2D eigenvalue weighted by Gasteiger charge is -2.28. The largest absolute Gasteiger partial charge is 0.342 e. The average molecular weight is 476 g/mol. The van der Waals surface area contributed by atoms with Crippen molar-refractivity contribution in [1.29, 1.82) is 0 Å². The third-order valence-electron chi connectivity index (χ3n) is 6.40. The van der Waals surface area contributed by atoms with Crippen molar-refractivity contribution in [3.63, 3.8) is 0 Å². The number of unbranched alkanes of at least 4 members (excludes halogenated alkanes) is 15. The molecule has 192 valence electrons. The van der Waals surface area contributed by atoms with E-state index < -0.39 is 13.3 Å². The van der Waals surface area contributed by atoms with E-state index in [0.717, 1.165) is 38.5 Å². The first-order valence-electron chi connectivity index (χ1n) is 13.7. The maximum Gasteiger partial charge on any atom is 0.337 e. The van der Waals surface area contributed by atoms with Crippen LogP contribution < -0.4 is 0 Å². The minimum absolute atomic E-state index is 0.301. The molecule has 0 saturated carbocycles. The molecule has 1 atom stereocenters. The highest BCUT2D eigenvalue weighted by Crippen LogP contribution is 2.44. The summed E-state index contributed by atoms with van der Waals surface area (Å²) in [6.07, 6.45) is 21.4. The number of carbonyl (C=O) groups excluding carboxylic acids is 1. The Hall–Kier alpha value is -0.380. The van der Waals surface area contributed by atoms with E-state index in [2.05, 4.69) is 20.8 Å². The molecule has 0 radical (unpaired) electrons. The van der Waals surface area contributed by atoms with E-state index in [4.69, 9.17) is 0 Å². The summed E-state index contributed by atoms with van der Waals surface area (Å²) in [4.78, 5) is 34.2. The summed E-state index contributed by atoms with van der Waals surface area (Å²) in [6.45, 7) is 7.59. The molecule has 32 heavy (non-hydrogen) atoms. The first-order valence-corrected chi connectivity index (χ1v) is 15.4. The van der Waals surface area contributed by atoms with E-state index in [1.807, 2.05) is 0 Å². The van der Waals surface area contributed by atoms with Crippen molar-refractivity contribution in [2.45, 2.75) is 148 Å². The lowest BCUT2D eigenvalue weighted by Crippen LogP contribution is -2.40. The fourth-order valence-electron chi connectivity index (χ4n) is 4.21. The highest BCUT2D eigenvalue weighted by atomic mass is 31.2. The van der Waals surface area contributed by atoms with Crippen molar-refractivity contribution in [3.8, 4) is 0 Å². The second-order valence-corrected chi connectivity index (χ2v) is 11.3. The molecule has 0 aliphatic heterocycles. The molecular weight excluding hydrogens is 421 g/mol. The zero-order valence-corrected chi connectivity index (χ0v) is 22.4. The Balaban J connectivity index is 4.07. The van der Waals surface area contributed by atoms with E-state index in [0.29, 0.717) is 25.9 Å². The monoisotopic (exact) mass is 475 g/mol.